The van der Waals surface area contributed by atoms with E-state index in [1.165, 1.54) is 24.6 Å². The van der Waals surface area contributed by atoms with E-state index in [1.807, 2.05) is 0 Å². The molecule has 0 amide bonds. The highest BCUT2D eigenvalue weighted by Crippen LogP contribution is 2.41. The van der Waals surface area contributed by atoms with Crippen LogP contribution in [-0.2, 0) is 0 Å². The zero-order chi connectivity index (χ0) is 11.7. The molecule has 3 atom stereocenters. The smallest absolute Gasteiger partial charge is 0.126 e. The molecule has 0 bridgehead atoms. The Morgan fingerprint density at radius 3 is 2.62 bits per heavy atom. The van der Waals surface area contributed by atoms with Gasteiger partial charge in [-0.1, -0.05) is 20.3 Å². The lowest BCUT2D eigenvalue weighted by Crippen LogP contribution is -2.21. The Morgan fingerprint density at radius 1 is 1.12 bits per heavy atom. The van der Waals surface area contributed by atoms with Crippen LogP contribution in [0.5, 0.6) is 0 Å². The first kappa shape index (κ1) is 11.6. The summed E-state index contributed by atoms with van der Waals surface area (Å²) >= 11 is 0. The number of rotatable bonds is 1. The summed E-state index contributed by atoms with van der Waals surface area (Å²) in [5, 5.41) is 0. The van der Waals surface area contributed by atoms with Crippen LogP contribution in [0.2, 0.25) is 0 Å². The Kier molecular flexibility index (Phi) is 3.27. The van der Waals surface area contributed by atoms with Gasteiger partial charge >= 0.3 is 0 Å². The Hall–Kier alpha value is -0.920. The van der Waals surface area contributed by atoms with Gasteiger partial charge in [0.2, 0.25) is 0 Å². The van der Waals surface area contributed by atoms with Crippen LogP contribution in [0.3, 0.4) is 0 Å². The predicted molar refractivity (Wildman–Crippen MR) is 61.3 cm³/mol. The van der Waals surface area contributed by atoms with Crippen LogP contribution in [0.15, 0.2) is 18.2 Å². The number of hydrogen-bond acceptors (Lipinski definition) is 0. The predicted octanol–water partition coefficient (Wildman–Crippen LogP) is 4.50. The maximum Gasteiger partial charge on any atom is 0.126 e. The van der Waals surface area contributed by atoms with E-state index in [2.05, 4.69) is 13.8 Å². The van der Waals surface area contributed by atoms with E-state index in [4.69, 9.17) is 0 Å². The van der Waals surface area contributed by atoms with E-state index in [9.17, 15) is 8.78 Å². The molecule has 0 aromatic heterocycles. The van der Waals surface area contributed by atoms with Gasteiger partial charge in [0.25, 0.3) is 0 Å². The minimum absolute atomic E-state index is 0.180. The van der Waals surface area contributed by atoms with Gasteiger partial charge in [-0.05, 0) is 54.4 Å². The SMILES string of the molecule is CC1CCC(C)C(c2cc(F)ccc2F)C1. The minimum Gasteiger partial charge on any atom is -0.207 e. The second kappa shape index (κ2) is 4.52. The maximum absolute atomic E-state index is 13.7. The first-order chi connectivity index (χ1) is 7.58. The lowest BCUT2D eigenvalue weighted by atomic mass is 9.72. The molecule has 0 N–H and O–H groups in total. The standard InChI is InChI=1S/C14H18F2/c1-9-3-4-10(2)12(7-9)13-8-11(15)5-6-14(13)16/h5-6,8-10,12H,3-4,7H2,1-2H3. The molecule has 0 saturated heterocycles. The molecule has 0 radical (unpaired) electrons. The van der Waals surface area contributed by atoms with Crippen LogP contribution in [0.25, 0.3) is 0 Å². The summed E-state index contributed by atoms with van der Waals surface area (Å²) in [6, 6.07) is 3.81. The molecule has 1 aromatic carbocycles. The van der Waals surface area contributed by atoms with Crippen molar-refractivity contribution in [1.82, 2.24) is 0 Å². The van der Waals surface area contributed by atoms with Gasteiger partial charge in [-0.25, -0.2) is 8.78 Å². The first-order valence-electron chi connectivity index (χ1n) is 6.03. The zero-order valence-electron chi connectivity index (χ0n) is 9.84. The molecule has 1 aliphatic carbocycles. The first-order valence-corrected chi connectivity index (χ1v) is 6.03. The normalized spacial score (nSPS) is 30.4. The second-order valence-corrected chi connectivity index (χ2v) is 5.17. The molecule has 1 fully saturated rings. The van der Waals surface area contributed by atoms with Crippen molar-refractivity contribution >= 4 is 0 Å². The van der Waals surface area contributed by atoms with Gasteiger partial charge < -0.3 is 0 Å². The third-order valence-corrected chi connectivity index (χ3v) is 3.82. The zero-order valence-corrected chi connectivity index (χ0v) is 9.84. The molecule has 0 spiro atoms. The summed E-state index contributed by atoms with van der Waals surface area (Å²) in [5.74, 6) is 0.657. The van der Waals surface area contributed by atoms with Crippen LogP contribution >= 0.6 is 0 Å². The molecule has 16 heavy (non-hydrogen) atoms. The van der Waals surface area contributed by atoms with Crippen molar-refractivity contribution < 1.29 is 8.78 Å². The van der Waals surface area contributed by atoms with Crippen LogP contribution in [0.4, 0.5) is 8.78 Å². The summed E-state index contributed by atoms with van der Waals surface area (Å²) in [6.45, 7) is 4.33. The fourth-order valence-corrected chi connectivity index (χ4v) is 2.76. The Labute approximate surface area is 95.7 Å². The van der Waals surface area contributed by atoms with Crippen molar-refractivity contribution in [2.45, 2.75) is 39.0 Å². The van der Waals surface area contributed by atoms with Crippen LogP contribution in [0.1, 0.15) is 44.6 Å². The molecule has 0 nitrogen and oxygen atoms in total. The lowest BCUT2D eigenvalue weighted by Gasteiger charge is -2.33. The van der Waals surface area contributed by atoms with Gasteiger partial charge in [0.05, 0.1) is 0 Å². The van der Waals surface area contributed by atoms with E-state index in [1.54, 1.807) is 0 Å². The molecule has 1 aromatic rings. The van der Waals surface area contributed by atoms with Gasteiger partial charge in [-0.3, -0.25) is 0 Å². The number of hydrogen-bond donors (Lipinski definition) is 0. The molecule has 88 valence electrons. The highest BCUT2D eigenvalue weighted by molar-refractivity contribution is 5.24. The number of halogens is 2. The molecule has 2 rings (SSSR count). The fourth-order valence-electron chi connectivity index (χ4n) is 2.76. The summed E-state index contributed by atoms with van der Waals surface area (Å²) in [7, 11) is 0. The van der Waals surface area contributed by atoms with Crippen molar-refractivity contribution in [3.8, 4) is 0 Å². The van der Waals surface area contributed by atoms with E-state index in [-0.39, 0.29) is 17.6 Å². The Morgan fingerprint density at radius 2 is 1.88 bits per heavy atom. The van der Waals surface area contributed by atoms with Crippen LogP contribution < -0.4 is 0 Å². The molecule has 1 saturated carbocycles. The molecule has 3 unspecified atom stereocenters. The van der Waals surface area contributed by atoms with Crippen molar-refractivity contribution in [3.63, 3.8) is 0 Å². The van der Waals surface area contributed by atoms with E-state index in [0.29, 0.717) is 17.4 Å². The van der Waals surface area contributed by atoms with Crippen LogP contribution in [0, 0.1) is 23.5 Å². The third-order valence-electron chi connectivity index (χ3n) is 3.82. The number of benzene rings is 1. The molecule has 0 heterocycles. The molecule has 2 heteroatoms. The quantitative estimate of drug-likeness (QED) is 0.658. The monoisotopic (exact) mass is 224 g/mol. The van der Waals surface area contributed by atoms with E-state index < -0.39 is 0 Å². The Balaban J connectivity index is 2.30. The molecular weight excluding hydrogens is 206 g/mol. The summed E-state index contributed by atoms with van der Waals surface area (Å²) < 4.78 is 26.8. The van der Waals surface area contributed by atoms with E-state index >= 15 is 0 Å². The average molecular weight is 224 g/mol. The average Bonchev–Trinajstić information content (AvgIpc) is 2.25. The third kappa shape index (κ3) is 2.26. The second-order valence-electron chi connectivity index (χ2n) is 5.17. The van der Waals surface area contributed by atoms with Crippen molar-refractivity contribution in [3.05, 3.63) is 35.4 Å². The van der Waals surface area contributed by atoms with Gasteiger partial charge in [0.15, 0.2) is 0 Å². The van der Waals surface area contributed by atoms with Crippen LogP contribution in [-0.4, -0.2) is 0 Å². The van der Waals surface area contributed by atoms with Crippen molar-refractivity contribution in [2.24, 2.45) is 11.8 Å². The molecule has 1 aliphatic rings. The van der Waals surface area contributed by atoms with Crippen molar-refractivity contribution in [1.29, 1.82) is 0 Å². The van der Waals surface area contributed by atoms with E-state index in [0.717, 1.165) is 12.8 Å². The Bertz CT molecular complexity index is 373. The topological polar surface area (TPSA) is 0 Å². The van der Waals surface area contributed by atoms with Gasteiger partial charge in [-0.15, -0.1) is 0 Å². The summed E-state index contributed by atoms with van der Waals surface area (Å²) in [4.78, 5) is 0. The fraction of sp³-hybridized carbons (Fsp3) is 0.571. The summed E-state index contributed by atoms with van der Waals surface area (Å²) in [6.07, 6.45) is 3.29. The van der Waals surface area contributed by atoms with Gasteiger partial charge in [0, 0.05) is 0 Å². The van der Waals surface area contributed by atoms with Gasteiger partial charge in [0.1, 0.15) is 11.6 Å². The largest absolute Gasteiger partial charge is 0.207 e. The summed E-state index contributed by atoms with van der Waals surface area (Å²) in [5.41, 5.74) is 0.569. The molecule has 0 aliphatic heterocycles. The highest BCUT2D eigenvalue weighted by atomic mass is 19.1. The van der Waals surface area contributed by atoms with Crippen molar-refractivity contribution in [2.75, 3.05) is 0 Å². The lowest BCUT2D eigenvalue weighted by molar-refractivity contribution is 0.259. The van der Waals surface area contributed by atoms with Gasteiger partial charge in [-0.2, -0.15) is 0 Å². The molecular formula is C14H18F2. The highest BCUT2D eigenvalue weighted by Gasteiger charge is 2.28. The minimum atomic E-state index is -0.332. The maximum atomic E-state index is 13.7.